The Morgan fingerprint density at radius 2 is 1.62 bits per heavy atom. The van der Waals surface area contributed by atoms with E-state index in [-0.39, 0.29) is 47.2 Å². The minimum atomic E-state index is -4.37. The molecule has 2 aromatic carbocycles. The molecule has 0 radical (unpaired) electrons. The van der Waals surface area contributed by atoms with Crippen LogP contribution in [0.5, 0.6) is 0 Å². The Morgan fingerprint density at radius 3 is 2.23 bits per heavy atom. The highest BCUT2D eigenvalue weighted by atomic mass is 32.2. The van der Waals surface area contributed by atoms with Gasteiger partial charge in [-0.05, 0) is 29.9 Å². The molecule has 39 heavy (non-hydrogen) atoms. The van der Waals surface area contributed by atoms with Crippen molar-refractivity contribution in [2.75, 3.05) is 17.4 Å². The summed E-state index contributed by atoms with van der Waals surface area (Å²) in [5, 5.41) is 10.0. The van der Waals surface area contributed by atoms with Gasteiger partial charge in [0.25, 0.3) is 5.91 Å². The van der Waals surface area contributed by atoms with E-state index in [2.05, 4.69) is 22.2 Å². The number of carbonyl (C=O) groups excluding carboxylic acids is 2. The average Bonchev–Trinajstić information content (AvgIpc) is 3.40. The second-order valence-corrected chi connectivity index (χ2v) is 11.1. The Kier molecular flexibility index (Phi) is 7.45. The van der Waals surface area contributed by atoms with E-state index in [1.54, 1.807) is 36.1 Å². The molecule has 1 aliphatic rings. The lowest BCUT2D eigenvalue weighted by atomic mass is 9.89. The number of rotatable bonds is 8. The number of hydrogen-bond donors (Lipinski definition) is 1. The number of benzene rings is 2. The highest BCUT2D eigenvalue weighted by molar-refractivity contribution is 7.90. The fraction of sp³-hybridized carbons (Fsp3) is 0.286. The second kappa shape index (κ2) is 11.0. The van der Waals surface area contributed by atoms with Crippen molar-refractivity contribution in [3.8, 4) is 0 Å². The smallest absolute Gasteiger partial charge is 0.300 e. The van der Waals surface area contributed by atoms with E-state index < -0.39 is 10.2 Å². The Hall–Kier alpha value is -4.09. The van der Waals surface area contributed by atoms with Crippen molar-refractivity contribution in [1.29, 1.82) is 0 Å². The largest absolute Gasteiger partial charge is 0.338 e. The van der Waals surface area contributed by atoms with Gasteiger partial charge in [0, 0.05) is 25.7 Å². The van der Waals surface area contributed by atoms with Gasteiger partial charge in [0.2, 0.25) is 0 Å². The highest BCUT2D eigenvalue weighted by Gasteiger charge is 2.33. The summed E-state index contributed by atoms with van der Waals surface area (Å²) in [4.78, 5) is 32.5. The molecule has 5 rings (SSSR count). The van der Waals surface area contributed by atoms with Gasteiger partial charge >= 0.3 is 10.2 Å². The lowest BCUT2D eigenvalue weighted by Crippen LogP contribution is -2.42. The van der Waals surface area contributed by atoms with Gasteiger partial charge in [-0.2, -0.15) is 18.0 Å². The van der Waals surface area contributed by atoms with Crippen LogP contribution in [0, 0.1) is 0 Å². The summed E-state index contributed by atoms with van der Waals surface area (Å²) in [6, 6.07) is 19.1. The lowest BCUT2D eigenvalue weighted by Gasteiger charge is -2.33. The minimum Gasteiger partial charge on any atom is -0.338 e. The molecule has 0 aliphatic carbocycles. The number of amides is 1. The minimum absolute atomic E-state index is 0.0447. The molecule has 1 amide bonds. The summed E-state index contributed by atoms with van der Waals surface area (Å²) in [5.41, 5.74) is 2.36. The van der Waals surface area contributed by atoms with Crippen molar-refractivity contribution in [1.82, 2.24) is 19.5 Å². The molecule has 10 nitrogen and oxygen atoms in total. The quantitative estimate of drug-likeness (QED) is 0.336. The van der Waals surface area contributed by atoms with Crippen LogP contribution in [0.1, 0.15) is 63.9 Å². The van der Waals surface area contributed by atoms with Crippen molar-refractivity contribution in [2.24, 2.45) is 5.14 Å². The number of piperidine rings is 1. The maximum Gasteiger partial charge on any atom is 0.300 e. The van der Waals surface area contributed by atoms with Crippen molar-refractivity contribution in [2.45, 2.75) is 38.6 Å². The molecule has 1 aliphatic heterocycles. The van der Waals surface area contributed by atoms with Crippen LogP contribution >= 0.6 is 0 Å². The Morgan fingerprint density at radius 1 is 0.974 bits per heavy atom. The van der Waals surface area contributed by atoms with Gasteiger partial charge in [-0.3, -0.25) is 9.59 Å². The van der Waals surface area contributed by atoms with E-state index in [4.69, 9.17) is 5.14 Å². The third-order valence-corrected chi connectivity index (χ3v) is 8.04. The van der Waals surface area contributed by atoms with E-state index in [0.717, 1.165) is 17.1 Å². The number of ketones is 1. The molecule has 1 saturated heterocycles. The molecule has 0 saturated carbocycles. The predicted molar refractivity (Wildman–Crippen MR) is 148 cm³/mol. The number of aromatic nitrogens is 3. The number of fused-ring (bicyclic) bond motifs is 1. The van der Waals surface area contributed by atoms with Crippen LogP contribution in [-0.4, -0.2) is 52.7 Å². The summed E-state index contributed by atoms with van der Waals surface area (Å²) < 4.78 is 28.1. The Balaban J connectivity index is 1.57. The number of nitrogens with two attached hydrogens (primary N) is 1. The van der Waals surface area contributed by atoms with E-state index in [1.165, 1.54) is 22.5 Å². The number of Topliss-reactive ketones (excluding diaryl/α,β-unsaturated/α-hetero) is 1. The van der Waals surface area contributed by atoms with Gasteiger partial charge in [-0.1, -0.05) is 67.6 Å². The molecule has 0 bridgehead atoms. The first-order valence-corrected chi connectivity index (χ1v) is 14.4. The first kappa shape index (κ1) is 26.5. The van der Waals surface area contributed by atoms with E-state index >= 15 is 0 Å². The molecule has 0 unspecified atom stereocenters. The first-order chi connectivity index (χ1) is 18.8. The second-order valence-electron chi connectivity index (χ2n) is 9.58. The SMILES string of the molecule is CCC(=O)c1cnn2c(N(Cc3ccccc3)S(N)(=O)=O)c(C(=O)N3CCC(c4ccccc4)CC3)cnc12. The molecule has 3 heterocycles. The van der Waals surface area contributed by atoms with Gasteiger partial charge in [0.15, 0.2) is 17.2 Å². The number of anilines is 1. The van der Waals surface area contributed by atoms with E-state index in [0.29, 0.717) is 24.6 Å². The van der Waals surface area contributed by atoms with Crippen LogP contribution < -0.4 is 9.44 Å². The van der Waals surface area contributed by atoms with Crippen LogP contribution in [0.25, 0.3) is 5.65 Å². The van der Waals surface area contributed by atoms with Crippen molar-refractivity contribution >= 4 is 33.4 Å². The zero-order chi connectivity index (χ0) is 27.6. The van der Waals surface area contributed by atoms with Gasteiger partial charge < -0.3 is 4.90 Å². The molecule has 0 spiro atoms. The molecule has 11 heteroatoms. The maximum absolute atomic E-state index is 13.9. The van der Waals surface area contributed by atoms with Gasteiger partial charge in [-0.15, -0.1) is 0 Å². The zero-order valence-corrected chi connectivity index (χ0v) is 22.4. The predicted octanol–water partition coefficient (Wildman–Crippen LogP) is 3.55. The Bertz CT molecular complexity index is 1600. The van der Waals surface area contributed by atoms with Crippen molar-refractivity contribution in [3.05, 3.63) is 95.3 Å². The standard InChI is InChI=1S/C28H30N6O4S/c1-2-25(35)23-18-31-34-26(23)30-17-24(27(34)33(39(29,37)38)19-20-9-5-3-6-10-20)28(36)32-15-13-22(14-16-32)21-11-7-4-8-12-21/h3-12,17-18,22H,2,13-16,19H2,1H3,(H2,29,37,38). The number of hydrogen-bond acceptors (Lipinski definition) is 6. The Labute approximate surface area is 227 Å². The van der Waals surface area contributed by atoms with Crippen LogP contribution in [0.15, 0.2) is 73.1 Å². The topological polar surface area (TPSA) is 131 Å². The van der Waals surface area contributed by atoms with Crippen molar-refractivity contribution in [3.63, 3.8) is 0 Å². The molecule has 1 fully saturated rings. The van der Waals surface area contributed by atoms with E-state index in [9.17, 15) is 18.0 Å². The van der Waals surface area contributed by atoms with Gasteiger partial charge in [-0.25, -0.2) is 14.4 Å². The summed E-state index contributed by atoms with van der Waals surface area (Å²) in [6.45, 7) is 2.59. The van der Waals surface area contributed by atoms with Gasteiger partial charge in [0.05, 0.1) is 18.3 Å². The molecular formula is C28H30N6O4S. The molecule has 2 aromatic heterocycles. The molecule has 202 valence electrons. The molecule has 2 N–H and O–H groups in total. The number of likely N-dealkylation sites (tertiary alicyclic amines) is 1. The average molecular weight is 547 g/mol. The maximum atomic E-state index is 13.9. The first-order valence-electron chi connectivity index (χ1n) is 12.9. The summed E-state index contributed by atoms with van der Waals surface area (Å²) in [7, 11) is -4.37. The van der Waals surface area contributed by atoms with Crippen LogP contribution in [0.4, 0.5) is 5.82 Å². The van der Waals surface area contributed by atoms with Crippen LogP contribution in [0.2, 0.25) is 0 Å². The van der Waals surface area contributed by atoms with Crippen LogP contribution in [-0.2, 0) is 16.8 Å². The number of nitrogens with zero attached hydrogens (tertiary/aromatic N) is 5. The van der Waals surface area contributed by atoms with Crippen molar-refractivity contribution < 1.29 is 18.0 Å². The third-order valence-electron chi connectivity index (χ3n) is 7.12. The van der Waals surface area contributed by atoms with Crippen LogP contribution in [0.3, 0.4) is 0 Å². The van der Waals surface area contributed by atoms with Gasteiger partial charge in [0.1, 0.15) is 5.56 Å². The summed E-state index contributed by atoms with van der Waals surface area (Å²) >= 11 is 0. The highest BCUT2D eigenvalue weighted by Crippen LogP contribution is 2.31. The molecule has 4 aromatic rings. The summed E-state index contributed by atoms with van der Waals surface area (Å²) in [6.07, 6.45) is 4.45. The fourth-order valence-electron chi connectivity index (χ4n) is 5.04. The fourth-order valence-corrected chi connectivity index (χ4v) is 5.79. The number of carbonyl (C=O) groups is 2. The van der Waals surface area contributed by atoms with E-state index in [1.807, 2.05) is 24.3 Å². The molecular weight excluding hydrogens is 516 g/mol. The lowest BCUT2D eigenvalue weighted by molar-refractivity contribution is 0.0712. The summed E-state index contributed by atoms with van der Waals surface area (Å²) in [5.74, 6) is -0.276. The monoisotopic (exact) mass is 546 g/mol. The molecule has 0 atom stereocenters. The normalized spacial score (nSPS) is 14.5. The zero-order valence-electron chi connectivity index (χ0n) is 21.6. The third kappa shape index (κ3) is 5.41.